The van der Waals surface area contributed by atoms with Gasteiger partial charge in [-0.15, -0.1) is 0 Å². The number of hydrogen-bond donors (Lipinski definition) is 3. The second-order valence-corrected chi connectivity index (χ2v) is 6.40. The van der Waals surface area contributed by atoms with Gasteiger partial charge in [0.05, 0.1) is 21.8 Å². The number of nitrogens with zero attached hydrogens (tertiary/aromatic N) is 2. The van der Waals surface area contributed by atoms with Gasteiger partial charge in [0.25, 0.3) is 0 Å². The van der Waals surface area contributed by atoms with Crippen LogP contribution >= 0.6 is 23.2 Å². The molecule has 3 aromatic rings. The minimum absolute atomic E-state index is 0.577. The minimum Gasteiger partial charge on any atom is -0.385 e. The van der Waals surface area contributed by atoms with Crippen molar-refractivity contribution < 1.29 is 0 Å². The molecule has 5 nitrogen and oxygen atoms in total. The van der Waals surface area contributed by atoms with E-state index in [1.165, 1.54) is 5.69 Å². The molecule has 0 bridgehead atoms. The van der Waals surface area contributed by atoms with Gasteiger partial charge in [0.1, 0.15) is 0 Å². The highest BCUT2D eigenvalue weighted by molar-refractivity contribution is 6.46. The van der Waals surface area contributed by atoms with Gasteiger partial charge in [-0.25, -0.2) is 0 Å². The lowest BCUT2D eigenvalue weighted by atomic mass is 10.0. The van der Waals surface area contributed by atoms with E-state index in [4.69, 9.17) is 23.2 Å². The highest BCUT2D eigenvalue weighted by Gasteiger charge is 2.26. The van der Waals surface area contributed by atoms with Gasteiger partial charge in [0.2, 0.25) is 0 Å². The minimum atomic E-state index is 0.577. The summed E-state index contributed by atoms with van der Waals surface area (Å²) in [5.41, 5.74) is 5.45. The third-order valence-corrected chi connectivity index (χ3v) is 5.07. The van der Waals surface area contributed by atoms with Crippen molar-refractivity contribution in [3.05, 3.63) is 34.2 Å². The van der Waals surface area contributed by atoms with Crippen molar-refractivity contribution in [2.45, 2.75) is 20.0 Å². The fourth-order valence-corrected chi connectivity index (χ4v) is 3.84. The summed E-state index contributed by atoms with van der Waals surface area (Å²) in [4.78, 5) is 0. The monoisotopic (exact) mass is 349 g/mol. The van der Waals surface area contributed by atoms with E-state index < -0.39 is 0 Å². The van der Waals surface area contributed by atoms with Gasteiger partial charge in [-0.1, -0.05) is 23.2 Å². The molecular formula is C16H17Cl2N5. The molecule has 0 amide bonds. The molecule has 0 spiro atoms. The average molecular weight is 350 g/mol. The van der Waals surface area contributed by atoms with Crippen LogP contribution in [0.4, 0.5) is 5.69 Å². The Morgan fingerprint density at radius 2 is 2.26 bits per heavy atom. The Bertz CT molecular complexity index is 867. The van der Waals surface area contributed by atoms with E-state index in [0.717, 1.165) is 53.9 Å². The van der Waals surface area contributed by atoms with Crippen LogP contribution < -0.4 is 10.6 Å². The zero-order valence-electron chi connectivity index (χ0n) is 12.7. The fourth-order valence-electron chi connectivity index (χ4n) is 3.39. The maximum Gasteiger partial charge on any atom is 0.0837 e. The van der Waals surface area contributed by atoms with E-state index in [1.54, 1.807) is 0 Å². The van der Waals surface area contributed by atoms with Gasteiger partial charge in [-0.05, 0) is 13.0 Å². The van der Waals surface area contributed by atoms with Crippen LogP contribution in [-0.4, -0.2) is 27.9 Å². The molecule has 7 heteroatoms. The first-order chi connectivity index (χ1) is 11.2. The van der Waals surface area contributed by atoms with Crippen LogP contribution in [0, 0.1) is 0 Å². The lowest BCUT2D eigenvalue weighted by Crippen LogP contribution is -2.27. The largest absolute Gasteiger partial charge is 0.385 e. The summed E-state index contributed by atoms with van der Waals surface area (Å²) in [5.74, 6) is 0. The molecule has 0 aliphatic carbocycles. The number of aromatic nitrogens is 3. The molecule has 0 radical (unpaired) electrons. The summed E-state index contributed by atoms with van der Waals surface area (Å²) in [7, 11) is 0. The summed E-state index contributed by atoms with van der Waals surface area (Å²) in [6.07, 6.45) is 3.77. The zero-order chi connectivity index (χ0) is 16.0. The quantitative estimate of drug-likeness (QED) is 0.672. The number of halogens is 2. The van der Waals surface area contributed by atoms with Gasteiger partial charge in [-0.3, -0.25) is 5.10 Å². The molecule has 3 N–H and O–H groups in total. The third-order valence-electron chi connectivity index (χ3n) is 4.29. The Morgan fingerprint density at radius 1 is 1.39 bits per heavy atom. The van der Waals surface area contributed by atoms with Crippen molar-refractivity contribution in [1.82, 2.24) is 20.1 Å². The second-order valence-electron chi connectivity index (χ2n) is 5.61. The zero-order valence-corrected chi connectivity index (χ0v) is 14.2. The Kier molecular flexibility index (Phi) is 3.71. The van der Waals surface area contributed by atoms with Crippen molar-refractivity contribution in [1.29, 1.82) is 0 Å². The molecule has 2 aromatic heterocycles. The van der Waals surface area contributed by atoms with Crippen LogP contribution in [0.15, 0.2) is 18.5 Å². The predicted octanol–water partition coefficient (Wildman–Crippen LogP) is 3.87. The van der Waals surface area contributed by atoms with E-state index in [1.807, 2.05) is 18.5 Å². The molecule has 0 saturated carbocycles. The highest BCUT2D eigenvalue weighted by Crippen LogP contribution is 2.45. The number of benzene rings is 1. The number of rotatable bonds is 3. The first-order valence-electron chi connectivity index (χ1n) is 7.69. The van der Waals surface area contributed by atoms with E-state index in [0.29, 0.717) is 10.0 Å². The Balaban J connectivity index is 2.16. The van der Waals surface area contributed by atoms with Crippen LogP contribution in [0.1, 0.15) is 12.6 Å². The molecule has 0 atom stereocenters. The molecule has 1 aliphatic rings. The maximum atomic E-state index is 6.59. The number of anilines is 1. The molecule has 3 heterocycles. The van der Waals surface area contributed by atoms with Gasteiger partial charge in [0, 0.05) is 60.3 Å². The molecule has 23 heavy (non-hydrogen) atoms. The van der Waals surface area contributed by atoms with Crippen molar-refractivity contribution in [3.63, 3.8) is 0 Å². The number of aromatic amines is 1. The van der Waals surface area contributed by atoms with Crippen LogP contribution in [0.5, 0.6) is 0 Å². The summed E-state index contributed by atoms with van der Waals surface area (Å²) in [6, 6.07) is 1.92. The van der Waals surface area contributed by atoms with E-state index >= 15 is 0 Å². The molecule has 1 aliphatic heterocycles. The Labute approximate surface area is 144 Å². The summed E-state index contributed by atoms with van der Waals surface area (Å²) >= 11 is 13.0. The molecule has 0 saturated heterocycles. The lowest BCUT2D eigenvalue weighted by molar-refractivity contribution is 0.528. The first kappa shape index (κ1) is 14.9. The Hall–Kier alpha value is -1.69. The van der Waals surface area contributed by atoms with Crippen molar-refractivity contribution in [2.24, 2.45) is 0 Å². The van der Waals surface area contributed by atoms with Crippen molar-refractivity contribution >= 4 is 39.8 Å². The lowest BCUT2D eigenvalue weighted by Gasteiger charge is -2.18. The summed E-state index contributed by atoms with van der Waals surface area (Å²) in [5, 5.41) is 16.2. The topological polar surface area (TPSA) is 57.7 Å². The third kappa shape index (κ3) is 2.23. The molecule has 120 valence electrons. The standard InChI is InChI=1S/C16H17Cl2N5/c1-2-20-11-5-10(17)15(18)16-14(11)13(9-6-21-22-7-9)12-8-19-3-4-23(12)16/h5-7,19-20H,2-4,8H2,1H3,(H,21,22). The van der Waals surface area contributed by atoms with Gasteiger partial charge < -0.3 is 15.2 Å². The maximum absolute atomic E-state index is 6.59. The Morgan fingerprint density at radius 3 is 3.00 bits per heavy atom. The van der Waals surface area contributed by atoms with Gasteiger partial charge in [0.15, 0.2) is 0 Å². The highest BCUT2D eigenvalue weighted by atomic mass is 35.5. The molecule has 0 fully saturated rings. The smallest absolute Gasteiger partial charge is 0.0837 e. The van der Waals surface area contributed by atoms with Crippen LogP contribution in [0.3, 0.4) is 0 Å². The second kappa shape index (κ2) is 5.74. The molecule has 1 aromatic carbocycles. The van der Waals surface area contributed by atoms with Gasteiger partial charge in [-0.2, -0.15) is 5.10 Å². The van der Waals surface area contributed by atoms with E-state index in [9.17, 15) is 0 Å². The molecular weight excluding hydrogens is 333 g/mol. The fraction of sp³-hybridized carbons (Fsp3) is 0.312. The first-order valence-corrected chi connectivity index (χ1v) is 8.44. The SMILES string of the molecule is CCNc1cc(Cl)c(Cl)c2c1c(-c1cn[nH]c1)c1n2CCNC1. The average Bonchev–Trinajstić information content (AvgIpc) is 3.18. The van der Waals surface area contributed by atoms with Gasteiger partial charge >= 0.3 is 0 Å². The number of hydrogen-bond acceptors (Lipinski definition) is 3. The van der Waals surface area contributed by atoms with Crippen LogP contribution in [0.2, 0.25) is 10.0 Å². The number of H-pyrrole nitrogens is 1. The van der Waals surface area contributed by atoms with E-state index in [-0.39, 0.29) is 0 Å². The van der Waals surface area contributed by atoms with Crippen molar-refractivity contribution in [3.8, 4) is 11.1 Å². The number of nitrogens with one attached hydrogen (secondary N) is 3. The normalized spacial score (nSPS) is 14.2. The molecule has 4 rings (SSSR count). The summed E-state index contributed by atoms with van der Waals surface area (Å²) in [6.45, 7) is 5.48. The van der Waals surface area contributed by atoms with Crippen molar-refractivity contribution in [2.75, 3.05) is 18.4 Å². The summed E-state index contributed by atoms with van der Waals surface area (Å²) < 4.78 is 2.28. The van der Waals surface area contributed by atoms with Crippen LogP contribution in [-0.2, 0) is 13.1 Å². The van der Waals surface area contributed by atoms with E-state index in [2.05, 4.69) is 32.3 Å². The predicted molar refractivity (Wildman–Crippen MR) is 95.4 cm³/mol. The van der Waals surface area contributed by atoms with Crippen LogP contribution in [0.25, 0.3) is 22.0 Å². The molecule has 0 unspecified atom stereocenters. The number of fused-ring (bicyclic) bond motifs is 3.